The van der Waals surface area contributed by atoms with E-state index in [0.717, 1.165) is 38.8 Å². The van der Waals surface area contributed by atoms with Crippen LogP contribution in [0.4, 0.5) is 0 Å². The van der Waals surface area contributed by atoms with Gasteiger partial charge < -0.3 is 9.84 Å². The summed E-state index contributed by atoms with van der Waals surface area (Å²) in [6.45, 7) is 4.59. The first-order valence-electron chi connectivity index (χ1n) is 6.24. The molecule has 2 rings (SSSR count). The number of nitrogens with zero attached hydrogens (tertiary/aromatic N) is 1. The van der Waals surface area contributed by atoms with E-state index in [1.165, 1.54) is 0 Å². The molecule has 4 nitrogen and oxygen atoms in total. The van der Waals surface area contributed by atoms with Gasteiger partial charge in [0.05, 0.1) is 6.61 Å². The van der Waals surface area contributed by atoms with Crippen molar-refractivity contribution in [2.45, 2.75) is 44.7 Å². The summed E-state index contributed by atoms with van der Waals surface area (Å²) in [5, 5.41) is 9.27. The molecule has 0 aromatic carbocycles. The van der Waals surface area contributed by atoms with Crippen LogP contribution in [0.3, 0.4) is 0 Å². The van der Waals surface area contributed by atoms with E-state index >= 15 is 0 Å². The molecule has 2 heterocycles. The van der Waals surface area contributed by atoms with Crippen molar-refractivity contribution in [3.8, 4) is 0 Å². The summed E-state index contributed by atoms with van der Waals surface area (Å²) < 4.78 is 5.46. The Balaban J connectivity index is 2.02. The van der Waals surface area contributed by atoms with E-state index in [4.69, 9.17) is 4.74 Å². The van der Waals surface area contributed by atoms with Crippen LogP contribution in [0.1, 0.15) is 32.6 Å². The van der Waals surface area contributed by atoms with Gasteiger partial charge in [-0.1, -0.05) is 6.92 Å². The monoisotopic (exact) mass is 227 g/mol. The number of hydrogen-bond acceptors (Lipinski definition) is 3. The molecule has 3 unspecified atom stereocenters. The van der Waals surface area contributed by atoms with Crippen LogP contribution in [0.15, 0.2) is 0 Å². The second kappa shape index (κ2) is 5.15. The van der Waals surface area contributed by atoms with Gasteiger partial charge in [-0.25, -0.2) is 0 Å². The maximum absolute atomic E-state index is 11.3. The van der Waals surface area contributed by atoms with Crippen molar-refractivity contribution in [3.05, 3.63) is 0 Å². The predicted molar refractivity (Wildman–Crippen MR) is 60.4 cm³/mol. The molecule has 2 aliphatic rings. The lowest BCUT2D eigenvalue weighted by Gasteiger charge is -2.42. The van der Waals surface area contributed by atoms with Gasteiger partial charge in [-0.15, -0.1) is 0 Å². The van der Waals surface area contributed by atoms with Crippen molar-refractivity contribution in [2.75, 3.05) is 19.8 Å². The maximum Gasteiger partial charge on any atom is 0.320 e. The van der Waals surface area contributed by atoms with E-state index in [-0.39, 0.29) is 6.04 Å². The Bertz CT molecular complexity index is 251. The van der Waals surface area contributed by atoms with Crippen LogP contribution < -0.4 is 0 Å². The van der Waals surface area contributed by atoms with Gasteiger partial charge in [0, 0.05) is 12.6 Å². The number of carbonyl (C=O) groups is 1. The molecule has 0 aromatic rings. The molecule has 3 atom stereocenters. The minimum absolute atomic E-state index is 0.296. The van der Waals surface area contributed by atoms with Gasteiger partial charge in [0.1, 0.15) is 6.04 Å². The molecule has 0 aromatic heterocycles. The lowest BCUT2D eigenvalue weighted by molar-refractivity contribution is -0.148. The zero-order valence-electron chi connectivity index (χ0n) is 9.89. The molecule has 1 N–H and O–H groups in total. The molecular weight excluding hydrogens is 206 g/mol. The summed E-state index contributed by atoms with van der Waals surface area (Å²) in [6, 6.07) is 0.0257. The molecular formula is C12H21NO3. The van der Waals surface area contributed by atoms with Crippen LogP contribution in [0, 0.1) is 5.92 Å². The molecule has 0 bridgehead atoms. The predicted octanol–water partition coefficient (Wildman–Crippen LogP) is 1.35. The van der Waals surface area contributed by atoms with Gasteiger partial charge in [-0.3, -0.25) is 9.69 Å². The Morgan fingerprint density at radius 1 is 1.44 bits per heavy atom. The number of carboxylic acid groups (broad SMARTS) is 1. The van der Waals surface area contributed by atoms with E-state index in [1.807, 2.05) is 0 Å². The zero-order valence-corrected chi connectivity index (χ0v) is 9.89. The number of ether oxygens (including phenoxy) is 1. The fraction of sp³-hybridized carbons (Fsp3) is 0.917. The molecule has 2 aliphatic heterocycles. The van der Waals surface area contributed by atoms with Crippen molar-refractivity contribution in [1.82, 2.24) is 4.90 Å². The Hall–Kier alpha value is -0.610. The molecule has 2 fully saturated rings. The lowest BCUT2D eigenvalue weighted by Crippen LogP contribution is -2.54. The second-order valence-corrected chi connectivity index (χ2v) is 5.09. The molecule has 16 heavy (non-hydrogen) atoms. The third-order valence-electron chi connectivity index (χ3n) is 3.80. The number of piperidine rings is 1. The molecule has 4 heteroatoms. The number of carboxylic acids is 1. The largest absolute Gasteiger partial charge is 0.480 e. The number of hydrogen-bond donors (Lipinski definition) is 1. The first-order valence-corrected chi connectivity index (χ1v) is 6.24. The van der Waals surface area contributed by atoms with E-state index in [9.17, 15) is 9.90 Å². The molecule has 0 spiro atoms. The van der Waals surface area contributed by atoms with Crippen LogP contribution in [-0.2, 0) is 9.53 Å². The van der Waals surface area contributed by atoms with Crippen molar-refractivity contribution in [3.63, 3.8) is 0 Å². The summed E-state index contributed by atoms with van der Waals surface area (Å²) >= 11 is 0. The Labute approximate surface area is 96.6 Å². The molecule has 0 radical (unpaired) electrons. The lowest BCUT2D eigenvalue weighted by atomic mass is 9.90. The maximum atomic E-state index is 11.3. The van der Waals surface area contributed by atoms with E-state index < -0.39 is 5.97 Å². The van der Waals surface area contributed by atoms with Gasteiger partial charge >= 0.3 is 5.97 Å². The summed E-state index contributed by atoms with van der Waals surface area (Å²) in [4.78, 5) is 13.4. The normalized spacial score (nSPS) is 37.2. The third-order valence-corrected chi connectivity index (χ3v) is 3.80. The quantitative estimate of drug-likeness (QED) is 0.773. The van der Waals surface area contributed by atoms with Crippen LogP contribution in [0.2, 0.25) is 0 Å². The van der Waals surface area contributed by atoms with Gasteiger partial charge in [-0.2, -0.15) is 0 Å². The molecule has 2 saturated heterocycles. The van der Waals surface area contributed by atoms with Crippen LogP contribution in [0.25, 0.3) is 0 Å². The second-order valence-electron chi connectivity index (χ2n) is 5.09. The standard InChI is InChI=1S/C12H21NO3/c1-9-4-5-13(11(7-9)12(14)15)10-3-2-6-16-8-10/h9-11H,2-8H2,1H3,(H,14,15). The van der Waals surface area contributed by atoms with E-state index in [1.54, 1.807) is 0 Å². The zero-order chi connectivity index (χ0) is 11.5. The summed E-state index contributed by atoms with van der Waals surface area (Å²) in [6.07, 6.45) is 4.04. The van der Waals surface area contributed by atoms with Crippen molar-refractivity contribution in [2.24, 2.45) is 5.92 Å². The van der Waals surface area contributed by atoms with Gasteiger partial charge in [0.2, 0.25) is 0 Å². The van der Waals surface area contributed by atoms with Crippen molar-refractivity contribution in [1.29, 1.82) is 0 Å². The van der Waals surface area contributed by atoms with Crippen molar-refractivity contribution >= 4 is 5.97 Å². The van der Waals surface area contributed by atoms with Crippen LogP contribution in [0.5, 0.6) is 0 Å². The van der Waals surface area contributed by atoms with Crippen molar-refractivity contribution < 1.29 is 14.6 Å². The highest BCUT2D eigenvalue weighted by atomic mass is 16.5. The molecule has 0 aliphatic carbocycles. The number of aliphatic carboxylic acids is 1. The molecule has 0 saturated carbocycles. The minimum atomic E-state index is -0.669. The Kier molecular flexibility index (Phi) is 3.82. The highest BCUT2D eigenvalue weighted by Gasteiger charge is 2.36. The van der Waals surface area contributed by atoms with Crippen LogP contribution in [-0.4, -0.2) is 47.8 Å². The third kappa shape index (κ3) is 2.55. The average Bonchev–Trinajstić information content (AvgIpc) is 2.30. The highest BCUT2D eigenvalue weighted by molar-refractivity contribution is 5.73. The first kappa shape index (κ1) is 11.9. The number of rotatable bonds is 2. The fourth-order valence-electron chi connectivity index (χ4n) is 2.82. The summed E-state index contributed by atoms with van der Waals surface area (Å²) in [5.74, 6) is -0.140. The van der Waals surface area contributed by atoms with Gasteiger partial charge in [-0.05, 0) is 38.1 Å². The molecule has 0 amide bonds. The van der Waals surface area contributed by atoms with E-state index in [0.29, 0.717) is 18.6 Å². The summed E-state index contributed by atoms with van der Waals surface area (Å²) in [7, 11) is 0. The van der Waals surface area contributed by atoms with E-state index in [2.05, 4.69) is 11.8 Å². The topological polar surface area (TPSA) is 49.8 Å². The van der Waals surface area contributed by atoms with Gasteiger partial charge in [0.15, 0.2) is 0 Å². The summed E-state index contributed by atoms with van der Waals surface area (Å²) in [5.41, 5.74) is 0. The average molecular weight is 227 g/mol. The smallest absolute Gasteiger partial charge is 0.320 e. The van der Waals surface area contributed by atoms with Gasteiger partial charge in [0.25, 0.3) is 0 Å². The van der Waals surface area contributed by atoms with Crippen LogP contribution >= 0.6 is 0 Å². The molecule has 92 valence electrons. The highest BCUT2D eigenvalue weighted by Crippen LogP contribution is 2.27. The Morgan fingerprint density at radius 2 is 2.25 bits per heavy atom. The SMILES string of the molecule is CC1CCN(C2CCCOC2)C(C(=O)O)C1. The first-order chi connectivity index (χ1) is 7.68. The fourth-order valence-corrected chi connectivity index (χ4v) is 2.82. The number of likely N-dealkylation sites (tertiary alicyclic amines) is 1. The minimum Gasteiger partial charge on any atom is -0.480 e. The Morgan fingerprint density at radius 3 is 2.88 bits per heavy atom.